The maximum Gasteiger partial charge on any atom is 0.257 e. The van der Waals surface area contributed by atoms with E-state index in [4.69, 9.17) is 0 Å². The average molecular weight is 386 g/mol. The Morgan fingerprint density at radius 1 is 1.22 bits per heavy atom. The summed E-state index contributed by atoms with van der Waals surface area (Å²) < 4.78 is 1.59. The Kier molecular flexibility index (Phi) is 6.37. The van der Waals surface area contributed by atoms with Gasteiger partial charge in [-0.15, -0.1) is 0 Å². The van der Waals surface area contributed by atoms with Crippen molar-refractivity contribution in [3.8, 4) is 0 Å². The number of likely N-dealkylation sites (tertiary alicyclic amines) is 1. The van der Waals surface area contributed by atoms with Gasteiger partial charge in [0.15, 0.2) is 5.16 Å². The first kappa shape index (κ1) is 19.7. The molecule has 1 aliphatic rings. The predicted octanol–water partition coefficient (Wildman–Crippen LogP) is 3.17. The van der Waals surface area contributed by atoms with Crippen LogP contribution in [0.25, 0.3) is 0 Å². The minimum atomic E-state index is -0.194. The van der Waals surface area contributed by atoms with Crippen molar-refractivity contribution in [3.63, 3.8) is 0 Å². The molecule has 1 aromatic heterocycles. The van der Waals surface area contributed by atoms with Crippen LogP contribution in [0.15, 0.2) is 40.3 Å². The molecular formula is C21H27N3O2S. The normalized spacial score (nSPS) is 15.1. The highest BCUT2D eigenvalue weighted by Crippen LogP contribution is 2.26. The molecule has 1 atom stereocenters. The van der Waals surface area contributed by atoms with Crippen LogP contribution in [-0.2, 0) is 18.3 Å². The van der Waals surface area contributed by atoms with E-state index in [2.05, 4.69) is 4.98 Å². The summed E-state index contributed by atoms with van der Waals surface area (Å²) in [7, 11) is 1.75. The second kappa shape index (κ2) is 8.74. The summed E-state index contributed by atoms with van der Waals surface area (Å²) in [6, 6.07) is 9.95. The molecule has 0 radical (unpaired) electrons. The average Bonchev–Trinajstić information content (AvgIpc) is 3.22. The number of aromatic nitrogens is 2. The minimum Gasteiger partial charge on any atom is -0.342 e. The molecule has 6 heteroatoms. The number of aryl methyl sites for hydroxylation is 1. The summed E-state index contributed by atoms with van der Waals surface area (Å²) >= 11 is 1.41. The fraction of sp³-hybridized carbons (Fsp3) is 0.476. The molecule has 1 saturated heterocycles. The fourth-order valence-corrected chi connectivity index (χ4v) is 4.52. The van der Waals surface area contributed by atoms with Gasteiger partial charge in [0.1, 0.15) is 0 Å². The molecular weight excluding hydrogens is 358 g/mol. The molecule has 1 fully saturated rings. The lowest BCUT2D eigenvalue weighted by Crippen LogP contribution is -2.36. The third kappa shape index (κ3) is 4.43. The Balaban J connectivity index is 1.84. The molecule has 2 aromatic rings. The van der Waals surface area contributed by atoms with E-state index in [-0.39, 0.29) is 16.7 Å². The number of thioether (sulfide) groups is 1. The van der Waals surface area contributed by atoms with E-state index in [9.17, 15) is 9.59 Å². The molecule has 0 N–H and O–H groups in total. The van der Waals surface area contributed by atoms with Crippen molar-refractivity contribution in [3.05, 3.63) is 57.5 Å². The Labute approximate surface area is 164 Å². The van der Waals surface area contributed by atoms with Crippen LogP contribution in [0.2, 0.25) is 0 Å². The van der Waals surface area contributed by atoms with Gasteiger partial charge in [0.05, 0.1) is 5.25 Å². The number of hydrogen-bond donors (Lipinski definition) is 0. The molecule has 5 nitrogen and oxygen atoms in total. The summed E-state index contributed by atoms with van der Waals surface area (Å²) in [5.74, 6) is 0.167. The van der Waals surface area contributed by atoms with Crippen LogP contribution in [0.4, 0.5) is 0 Å². The van der Waals surface area contributed by atoms with Gasteiger partial charge in [0.2, 0.25) is 5.91 Å². The van der Waals surface area contributed by atoms with Gasteiger partial charge in [0, 0.05) is 37.8 Å². The van der Waals surface area contributed by atoms with Gasteiger partial charge < -0.3 is 4.90 Å². The van der Waals surface area contributed by atoms with Crippen LogP contribution in [0.1, 0.15) is 43.0 Å². The highest BCUT2D eigenvalue weighted by atomic mass is 32.2. The van der Waals surface area contributed by atoms with Gasteiger partial charge in [-0.25, -0.2) is 4.98 Å². The quantitative estimate of drug-likeness (QED) is 0.566. The molecule has 3 rings (SSSR count). The van der Waals surface area contributed by atoms with Gasteiger partial charge in [0.25, 0.3) is 5.56 Å². The monoisotopic (exact) mass is 385 g/mol. The van der Waals surface area contributed by atoms with Crippen LogP contribution < -0.4 is 5.56 Å². The summed E-state index contributed by atoms with van der Waals surface area (Å²) in [4.78, 5) is 32.3. The molecule has 27 heavy (non-hydrogen) atoms. The van der Waals surface area contributed by atoms with E-state index < -0.39 is 0 Å². The molecule has 0 saturated carbocycles. The van der Waals surface area contributed by atoms with Crippen molar-refractivity contribution in [2.24, 2.45) is 7.05 Å². The van der Waals surface area contributed by atoms with E-state index in [0.717, 1.165) is 43.6 Å². The van der Waals surface area contributed by atoms with Crippen LogP contribution >= 0.6 is 11.8 Å². The fourth-order valence-electron chi connectivity index (χ4n) is 3.42. The SMILES string of the molecule is CCC(Sc1nc(C)c(Cc2ccccc2)c(=O)n1C)C(=O)N1CCCC1. The highest BCUT2D eigenvalue weighted by molar-refractivity contribution is 8.00. The largest absolute Gasteiger partial charge is 0.342 e. The Morgan fingerprint density at radius 3 is 2.52 bits per heavy atom. The zero-order valence-electron chi connectivity index (χ0n) is 16.3. The van der Waals surface area contributed by atoms with Crippen molar-refractivity contribution in [2.75, 3.05) is 13.1 Å². The number of hydrogen-bond acceptors (Lipinski definition) is 4. The second-order valence-electron chi connectivity index (χ2n) is 7.03. The third-order valence-corrected chi connectivity index (χ3v) is 6.48. The van der Waals surface area contributed by atoms with Crippen molar-refractivity contribution in [1.82, 2.24) is 14.5 Å². The number of carbonyl (C=O) groups excluding carboxylic acids is 1. The molecule has 1 aromatic carbocycles. The van der Waals surface area contributed by atoms with Gasteiger partial charge in [-0.2, -0.15) is 0 Å². The van der Waals surface area contributed by atoms with E-state index >= 15 is 0 Å². The van der Waals surface area contributed by atoms with E-state index in [0.29, 0.717) is 17.1 Å². The minimum absolute atomic E-state index is 0.0303. The summed E-state index contributed by atoms with van der Waals surface area (Å²) in [6.45, 7) is 5.59. The molecule has 144 valence electrons. The zero-order valence-corrected chi connectivity index (χ0v) is 17.1. The molecule has 0 spiro atoms. The zero-order chi connectivity index (χ0) is 19.4. The van der Waals surface area contributed by atoms with Crippen LogP contribution in [0.3, 0.4) is 0 Å². The Morgan fingerprint density at radius 2 is 1.89 bits per heavy atom. The van der Waals surface area contributed by atoms with Gasteiger partial charge in [-0.1, -0.05) is 49.0 Å². The second-order valence-corrected chi connectivity index (χ2v) is 8.20. The smallest absolute Gasteiger partial charge is 0.257 e. The van der Waals surface area contributed by atoms with E-state index in [1.54, 1.807) is 11.6 Å². The Bertz CT molecular complexity index is 858. The van der Waals surface area contributed by atoms with Crippen LogP contribution in [0, 0.1) is 6.92 Å². The summed E-state index contributed by atoms with van der Waals surface area (Å²) in [5, 5.41) is 0.425. The number of nitrogens with zero attached hydrogens (tertiary/aromatic N) is 3. The third-order valence-electron chi connectivity index (χ3n) is 5.09. The molecule has 2 heterocycles. The standard InChI is InChI=1S/C21H27N3O2S/c1-4-18(20(26)24-12-8-9-13-24)27-21-22-15(2)17(19(25)23(21)3)14-16-10-6-5-7-11-16/h5-7,10-11,18H,4,8-9,12-14H2,1-3H3. The molecule has 0 bridgehead atoms. The first-order valence-electron chi connectivity index (χ1n) is 9.57. The number of carbonyl (C=O) groups is 1. The van der Waals surface area contributed by atoms with Gasteiger partial charge in [-0.3, -0.25) is 14.2 Å². The lowest BCUT2D eigenvalue weighted by Gasteiger charge is -2.22. The summed E-state index contributed by atoms with van der Waals surface area (Å²) in [5.41, 5.74) is 2.52. The number of rotatable bonds is 6. The van der Waals surface area contributed by atoms with E-state index in [1.807, 2.05) is 49.1 Å². The lowest BCUT2D eigenvalue weighted by molar-refractivity contribution is -0.129. The molecule has 1 amide bonds. The predicted molar refractivity (Wildman–Crippen MR) is 109 cm³/mol. The van der Waals surface area contributed by atoms with Crippen molar-refractivity contribution in [2.45, 2.75) is 49.9 Å². The first-order valence-corrected chi connectivity index (χ1v) is 10.4. The summed E-state index contributed by atoms with van der Waals surface area (Å²) in [6.07, 6.45) is 3.45. The maximum atomic E-state index is 12.9. The number of benzene rings is 1. The number of amides is 1. The molecule has 1 aliphatic heterocycles. The van der Waals surface area contributed by atoms with Gasteiger partial charge >= 0.3 is 0 Å². The highest BCUT2D eigenvalue weighted by Gasteiger charge is 2.27. The van der Waals surface area contributed by atoms with Crippen molar-refractivity contribution >= 4 is 17.7 Å². The van der Waals surface area contributed by atoms with Gasteiger partial charge in [-0.05, 0) is 31.7 Å². The van der Waals surface area contributed by atoms with Crippen molar-refractivity contribution in [1.29, 1.82) is 0 Å². The first-order chi connectivity index (χ1) is 13.0. The van der Waals surface area contributed by atoms with Crippen molar-refractivity contribution < 1.29 is 4.79 Å². The van der Waals surface area contributed by atoms with E-state index in [1.165, 1.54) is 11.8 Å². The lowest BCUT2D eigenvalue weighted by atomic mass is 10.1. The van der Waals surface area contributed by atoms with Crippen LogP contribution in [-0.4, -0.2) is 38.7 Å². The maximum absolute atomic E-state index is 12.9. The Hall–Kier alpha value is -2.08. The van der Waals surface area contributed by atoms with Crippen LogP contribution in [0.5, 0.6) is 0 Å². The molecule has 0 aliphatic carbocycles. The topological polar surface area (TPSA) is 55.2 Å². The molecule has 1 unspecified atom stereocenters.